The van der Waals surface area contributed by atoms with Gasteiger partial charge in [0.05, 0.1) is 18.3 Å². The highest BCUT2D eigenvalue weighted by atomic mass is 28.4. The second kappa shape index (κ2) is 17.8. The Bertz CT molecular complexity index is 923. The Morgan fingerprint density at radius 2 is 1.13 bits per heavy atom. The first-order valence-electron chi connectivity index (χ1n) is 18.4. The molecule has 0 aromatic rings. The van der Waals surface area contributed by atoms with Crippen LogP contribution < -0.4 is 0 Å². The monoisotopic (exact) mass is 699 g/mol. The van der Waals surface area contributed by atoms with Gasteiger partial charge < -0.3 is 18.4 Å². The van der Waals surface area contributed by atoms with Gasteiger partial charge in [-0.2, -0.15) is 0 Å². The van der Waals surface area contributed by atoms with Crippen molar-refractivity contribution in [3.05, 3.63) is 24.8 Å². The third-order valence-corrected chi connectivity index (χ3v) is 25.5. The van der Waals surface area contributed by atoms with Gasteiger partial charge in [0.2, 0.25) is 0 Å². The van der Waals surface area contributed by atoms with Crippen LogP contribution in [0, 0.1) is 29.6 Å². The molecule has 0 amide bonds. The van der Waals surface area contributed by atoms with Gasteiger partial charge in [-0.25, -0.2) is 0 Å². The molecule has 0 saturated carbocycles. The number of aliphatic hydroxyl groups excluding tert-OH is 1. The highest BCUT2D eigenvalue weighted by Crippen LogP contribution is 2.42. The molecule has 0 fully saturated rings. The van der Waals surface area contributed by atoms with Crippen LogP contribution in [-0.4, -0.2) is 55.0 Å². The Morgan fingerprint density at radius 1 is 0.674 bits per heavy atom. The van der Waals surface area contributed by atoms with Crippen LogP contribution in [0.25, 0.3) is 0 Å². The van der Waals surface area contributed by atoms with Crippen molar-refractivity contribution in [2.45, 2.75) is 189 Å². The van der Waals surface area contributed by atoms with Crippen molar-refractivity contribution in [1.29, 1.82) is 0 Å². The molecule has 0 aliphatic carbocycles. The number of rotatable bonds is 19. The fourth-order valence-corrected chi connectivity index (χ4v) is 9.40. The van der Waals surface area contributed by atoms with Crippen LogP contribution in [0.5, 0.6) is 0 Å². The SMILES string of the molecule is C=C/C=C\[C@H](C)[C@H](O)[C@@H](C)[C@@H](CC[C@H](C)C[C@H](C)[C@@H](O[Si](C)(C)C(C)(C)C)[C@@H](C)CO[Si](C)(C)C(C)(C)C)O[Si](C)(C)C(C)(C)C. The van der Waals surface area contributed by atoms with Crippen molar-refractivity contribution >= 4 is 25.0 Å². The molecule has 8 atom stereocenters. The Hall–Kier alpha value is -0.0294. The van der Waals surface area contributed by atoms with E-state index >= 15 is 0 Å². The van der Waals surface area contributed by atoms with Gasteiger partial charge in [0.15, 0.2) is 25.0 Å². The predicted octanol–water partition coefficient (Wildman–Crippen LogP) is 12.2. The molecule has 0 rings (SSSR count). The predicted molar refractivity (Wildman–Crippen MR) is 212 cm³/mol. The highest BCUT2D eigenvalue weighted by molar-refractivity contribution is 6.75. The molecule has 0 saturated heterocycles. The summed E-state index contributed by atoms with van der Waals surface area (Å²) in [7, 11) is -5.87. The first kappa shape index (κ1) is 46.0. The second-order valence-electron chi connectivity index (χ2n) is 19.5. The lowest BCUT2D eigenvalue weighted by atomic mass is 9.83. The van der Waals surface area contributed by atoms with Crippen LogP contribution in [0.3, 0.4) is 0 Å². The first-order valence-corrected chi connectivity index (χ1v) is 27.1. The summed E-state index contributed by atoms with van der Waals surface area (Å²) in [6, 6.07) is 0. The minimum Gasteiger partial charge on any atom is -0.416 e. The van der Waals surface area contributed by atoms with E-state index in [1.807, 2.05) is 6.08 Å². The normalized spacial score (nSPS) is 19.8. The molecular weight excluding hydrogens is 617 g/mol. The molecule has 4 nitrogen and oxygen atoms in total. The summed E-state index contributed by atoms with van der Waals surface area (Å²) in [6.45, 7) is 51.0. The molecule has 0 aromatic carbocycles. The minimum absolute atomic E-state index is 0.0180. The molecule has 274 valence electrons. The number of aliphatic hydroxyl groups is 1. The standard InChI is InChI=1S/C39H82O4Si3/c1-22-23-24-30(3)35(40)33(6)34(42-45(18,19)38(10,11)12)26-25-29(2)27-31(4)36(43-46(20,21)39(13,14)15)32(5)28-41-44(16,17)37(7,8)9/h22-24,29-36,40H,1,25-28H2,2-21H3/b24-23-/t29-,30-,31-,32-,33-,34+,35-,36+/m0/s1. The summed E-state index contributed by atoms with van der Waals surface area (Å²) in [4.78, 5) is 0. The average molecular weight is 699 g/mol. The van der Waals surface area contributed by atoms with Crippen LogP contribution in [0.2, 0.25) is 54.4 Å². The molecular formula is C39H82O4Si3. The maximum absolute atomic E-state index is 11.4. The smallest absolute Gasteiger partial charge is 0.192 e. The van der Waals surface area contributed by atoms with Crippen molar-refractivity contribution in [2.24, 2.45) is 29.6 Å². The Labute approximate surface area is 292 Å². The number of hydrogen-bond donors (Lipinski definition) is 1. The molecule has 1 N–H and O–H groups in total. The van der Waals surface area contributed by atoms with Crippen LogP contribution in [-0.2, 0) is 13.3 Å². The zero-order valence-corrected chi connectivity index (χ0v) is 37.6. The molecule has 46 heavy (non-hydrogen) atoms. The van der Waals surface area contributed by atoms with Gasteiger partial charge in [-0.05, 0) is 85.5 Å². The summed E-state index contributed by atoms with van der Waals surface area (Å²) in [5, 5.41) is 11.8. The molecule has 0 aliphatic heterocycles. The zero-order valence-electron chi connectivity index (χ0n) is 34.6. The highest BCUT2D eigenvalue weighted by Gasteiger charge is 2.44. The fraction of sp³-hybridized carbons (Fsp3) is 0.897. The summed E-state index contributed by atoms with van der Waals surface area (Å²) in [5.74, 6) is 1.32. The molecule has 0 heterocycles. The van der Waals surface area contributed by atoms with Gasteiger partial charge in [0.25, 0.3) is 0 Å². The van der Waals surface area contributed by atoms with Gasteiger partial charge >= 0.3 is 0 Å². The van der Waals surface area contributed by atoms with Gasteiger partial charge in [0.1, 0.15) is 0 Å². The maximum Gasteiger partial charge on any atom is 0.192 e. The molecule has 0 bridgehead atoms. The van der Waals surface area contributed by atoms with Crippen LogP contribution in [0.1, 0.15) is 116 Å². The van der Waals surface area contributed by atoms with E-state index in [1.165, 1.54) is 0 Å². The fourth-order valence-electron chi connectivity index (χ4n) is 5.35. The summed E-state index contributed by atoms with van der Waals surface area (Å²) in [5.41, 5.74) is 0. The van der Waals surface area contributed by atoms with Crippen LogP contribution in [0.4, 0.5) is 0 Å². The maximum atomic E-state index is 11.4. The minimum atomic E-state index is -2.03. The van der Waals surface area contributed by atoms with E-state index in [1.54, 1.807) is 6.08 Å². The molecule has 0 aromatic heterocycles. The summed E-state index contributed by atoms with van der Waals surface area (Å²) >= 11 is 0. The van der Waals surface area contributed by atoms with Crippen LogP contribution >= 0.6 is 0 Å². The summed E-state index contributed by atoms with van der Waals surface area (Å²) in [6.07, 6.45) is 8.61. The quantitative estimate of drug-likeness (QED) is 0.108. The van der Waals surface area contributed by atoms with Crippen molar-refractivity contribution in [1.82, 2.24) is 0 Å². The average Bonchev–Trinajstić information content (AvgIpc) is 2.88. The molecule has 7 heteroatoms. The first-order chi connectivity index (χ1) is 20.4. The summed E-state index contributed by atoms with van der Waals surface area (Å²) < 4.78 is 21.1. The van der Waals surface area contributed by atoms with Gasteiger partial charge in [-0.3, -0.25) is 0 Å². The number of hydrogen-bond acceptors (Lipinski definition) is 4. The number of allylic oxidation sites excluding steroid dienone is 2. The lowest BCUT2D eigenvalue weighted by molar-refractivity contribution is 0.00261. The van der Waals surface area contributed by atoms with E-state index < -0.39 is 31.1 Å². The van der Waals surface area contributed by atoms with E-state index in [2.05, 4.69) is 149 Å². The topological polar surface area (TPSA) is 47.9 Å². The van der Waals surface area contributed by atoms with Crippen molar-refractivity contribution in [3.8, 4) is 0 Å². The Morgan fingerprint density at radius 3 is 1.57 bits per heavy atom. The largest absolute Gasteiger partial charge is 0.416 e. The van der Waals surface area contributed by atoms with E-state index in [0.717, 1.165) is 25.9 Å². The third-order valence-electron chi connectivity index (χ3n) is 12.1. The zero-order chi connectivity index (χ0) is 36.7. The van der Waals surface area contributed by atoms with Gasteiger partial charge in [-0.1, -0.05) is 122 Å². The Kier molecular flexibility index (Phi) is 17.7. The molecule has 0 unspecified atom stereocenters. The van der Waals surface area contributed by atoms with Gasteiger partial charge in [-0.15, -0.1) is 0 Å². The second-order valence-corrected chi connectivity index (χ2v) is 33.9. The Balaban J connectivity index is 6.05. The molecule has 0 radical (unpaired) electrons. The van der Waals surface area contributed by atoms with E-state index in [0.29, 0.717) is 17.8 Å². The molecule has 0 spiro atoms. The lowest BCUT2D eigenvalue weighted by Gasteiger charge is -2.44. The van der Waals surface area contributed by atoms with E-state index in [9.17, 15) is 5.11 Å². The third kappa shape index (κ3) is 14.1. The van der Waals surface area contributed by atoms with Crippen molar-refractivity contribution < 1.29 is 18.4 Å². The van der Waals surface area contributed by atoms with Crippen molar-refractivity contribution in [3.63, 3.8) is 0 Å². The lowest BCUT2D eigenvalue weighted by Crippen LogP contribution is -2.49. The van der Waals surface area contributed by atoms with E-state index in [-0.39, 0.29) is 39.2 Å². The van der Waals surface area contributed by atoms with E-state index in [4.69, 9.17) is 13.3 Å². The molecule has 0 aliphatic rings. The van der Waals surface area contributed by atoms with Crippen molar-refractivity contribution in [2.75, 3.05) is 6.61 Å². The van der Waals surface area contributed by atoms with Gasteiger partial charge in [0, 0.05) is 24.4 Å². The van der Waals surface area contributed by atoms with Crippen LogP contribution in [0.15, 0.2) is 24.8 Å².